The summed E-state index contributed by atoms with van der Waals surface area (Å²) < 4.78 is 5.28. The van der Waals surface area contributed by atoms with Crippen LogP contribution in [0.1, 0.15) is 18.9 Å². The zero-order chi connectivity index (χ0) is 11.1. The number of rotatable bonds is 5. The van der Waals surface area contributed by atoms with Crippen LogP contribution in [0, 0.1) is 19.3 Å². The molecule has 1 aromatic rings. The van der Waals surface area contributed by atoms with Crippen LogP contribution in [0.3, 0.4) is 0 Å². The van der Waals surface area contributed by atoms with Gasteiger partial charge in [-0.2, -0.15) is 0 Å². The molecule has 0 bridgehead atoms. The van der Waals surface area contributed by atoms with Crippen LogP contribution in [-0.2, 0) is 0 Å². The lowest BCUT2D eigenvalue weighted by Gasteiger charge is -2.10. The first-order valence-electron chi connectivity index (χ1n) is 4.91. The van der Waals surface area contributed by atoms with Gasteiger partial charge in [-0.3, -0.25) is 0 Å². The quantitative estimate of drug-likeness (QED) is 0.742. The van der Waals surface area contributed by atoms with E-state index in [4.69, 9.17) is 11.2 Å². The number of anilines is 1. The summed E-state index contributed by atoms with van der Waals surface area (Å²) >= 11 is 0. The van der Waals surface area contributed by atoms with Crippen molar-refractivity contribution in [3.05, 3.63) is 11.9 Å². The average molecular weight is 205 g/mol. The summed E-state index contributed by atoms with van der Waals surface area (Å²) in [5, 5.41) is 3.20. The van der Waals surface area contributed by atoms with E-state index in [-0.39, 0.29) is 6.61 Å². The van der Waals surface area contributed by atoms with E-state index < -0.39 is 0 Å². The molecular weight excluding hydrogens is 190 g/mol. The van der Waals surface area contributed by atoms with Gasteiger partial charge >= 0.3 is 0 Å². The molecule has 0 aromatic carbocycles. The van der Waals surface area contributed by atoms with E-state index in [1.165, 1.54) is 6.33 Å². The van der Waals surface area contributed by atoms with Crippen LogP contribution in [0.4, 0.5) is 5.82 Å². The zero-order valence-electron chi connectivity index (χ0n) is 9.08. The van der Waals surface area contributed by atoms with Crippen molar-refractivity contribution < 1.29 is 4.74 Å². The standard InChI is InChI=1S/C11H15N3O/c1-4-6-12-10-9(3)11(14-8-13-10)15-7-5-2/h2,8H,4,6-7H2,1,3H3,(H,12,13,14). The molecule has 0 unspecified atom stereocenters. The molecule has 15 heavy (non-hydrogen) atoms. The van der Waals surface area contributed by atoms with Crippen LogP contribution in [0.5, 0.6) is 5.88 Å². The highest BCUT2D eigenvalue weighted by molar-refractivity contribution is 5.47. The first-order valence-corrected chi connectivity index (χ1v) is 4.91. The molecule has 0 aliphatic heterocycles. The maximum absolute atomic E-state index is 5.28. The molecule has 0 spiro atoms. The zero-order valence-corrected chi connectivity index (χ0v) is 9.08. The molecule has 80 valence electrons. The molecule has 1 N–H and O–H groups in total. The summed E-state index contributed by atoms with van der Waals surface area (Å²) in [7, 11) is 0. The largest absolute Gasteiger partial charge is 0.464 e. The van der Waals surface area contributed by atoms with Gasteiger partial charge in [0, 0.05) is 6.54 Å². The summed E-state index contributed by atoms with van der Waals surface area (Å²) in [4.78, 5) is 8.15. The number of ether oxygens (including phenoxy) is 1. The first-order chi connectivity index (χ1) is 7.29. The third-order valence-electron chi connectivity index (χ3n) is 1.87. The highest BCUT2D eigenvalue weighted by Gasteiger charge is 2.06. The molecule has 1 heterocycles. The minimum Gasteiger partial charge on any atom is -0.464 e. The van der Waals surface area contributed by atoms with Crippen molar-refractivity contribution in [2.24, 2.45) is 0 Å². The summed E-state index contributed by atoms with van der Waals surface area (Å²) in [6.45, 7) is 5.11. The van der Waals surface area contributed by atoms with Crippen molar-refractivity contribution in [2.45, 2.75) is 20.3 Å². The second-order valence-electron chi connectivity index (χ2n) is 3.07. The van der Waals surface area contributed by atoms with Gasteiger partial charge in [0.05, 0.1) is 5.56 Å². The van der Waals surface area contributed by atoms with E-state index in [0.29, 0.717) is 5.88 Å². The summed E-state index contributed by atoms with van der Waals surface area (Å²) in [5.41, 5.74) is 0.890. The smallest absolute Gasteiger partial charge is 0.222 e. The van der Waals surface area contributed by atoms with Crippen molar-refractivity contribution >= 4 is 5.82 Å². The van der Waals surface area contributed by atoms with Gasteiger partial charge in [0.15, 0.2) is 6.61 Å². The molecule has 0 radical (unpaired) electrons. The van der Waals surface area contributed by atoms with Crippen molar-refractivity contribution in [1.82, 2.24) is 9.97 Å². The lowest BCUT2D eigenvalue weighted by Crippen LogP contribution is -2.07. The number of aromatic nitrogens is 2. The van der Waals surface area contributed by atoms with Gasteiger partial charge in [0.2, 0.25) is 5.88 Å². The minimum absolute atomic E-state index is 0.227. The Labute approximate surface area is 90.1 Å². The fourth-order valence-corrected chi connectivity index (χ4v) is 1.11. The molecule has 4 heteroatoms. The Kier molecular flexibility index (Phi) is 4.42. The maximum atomic E-state index is 5.28. The maximum Gasteiger partial charge on any atom is 0.222 e. The number of hydrogen-bond donors (Lipinski definition) is 1. The topological polar surface area (TPSA) is 47.0 Å². The van der Waals surface area contributed by atoms with E-state index >= 15 is 0 Å². The van der Waals surface area contributed by atoms with Gasteiger partial charge in [-0.05, 0) is 13.3 Å². The SMILES string of the molecule is C#CCOc1ncnc(NCCC)c1C. The monoisotopic (exact) mass is 205 g/mol. The Bertz CT molecular complexity index is 357. The van der Waals surface area contributed by atoms with Crippen LogP contribution in [0.15, 0.2) is 6.33 Å². The normalized spacial score (nSPS) is 9.40. The number of terminal acetylenes is 1. The number of nitrogens with zero attached hydrogens (tertiary/aromatic N) is 2. The van der Waals surface area contributed by atoms with Gasteiger partial charge < -0.3 is 10.1 Å². The fourth-order valence-electron chi connectivity index (χ4n) is 1.11. The van der Waals surface area contributed by atoms with Gasteiger partial charge in [-0.1, -0.05) is 12.8 Å². The van der Waals surface area contributed by atoms with Gasteiger partial charge in [0.1, 0.15) is 12.1 Å². The van der Waals surface area contributed by atoms with E-state index in [1.54, 1.807) is 0 Å². The van der Waals surface area contributed by atoms with E-state index in [1.807, 2.05) is 6.92 Å². The van der Waals surface area contributed by atoms with E-state index in [2.05, 4.69) is 28.1 Å². The molecule has 0 aliphatic carbocycles. The van der Waals surface area contributed by atoms with Crippen molar-refractivity contribution in [1.29, 1.82) is 0 Å². The van der Waals surface area contributed by atoms with Gasteiger partial charge in [0.25, 0.3) is 0 Å². The molecule has 0 aliphatic rings. The molecule has 4 nitrogen and oxygen atoms in total. The molecule has 1 aromatic heterocycles. The predicted molar refractivity (Wildman–Crippen MR) is 59.9 cm³/mol. The van der Waals surface area contributed by atoms with E-state index in [9.17, 15) is 0 Å². The molecular formula is C11H15N3O. The molecule has 0 fully saturated rings. The number of nitrogens with one attached hydrogen (secondary N) is 1. The highest BCUT2D eigenvalue weighted by atomic mass is 16.5. The first kappa shape index (κ1) is 11.3. The Morgan fingerprint density at radius 1 is 1.53 bits per heavy atom. The predicted octanol–water partition coefficient (Wildman–Crippen LogP) is 1.62. The summed E-state index contributed by atoms with van der Waals surface area (Å²) in [6, 6.07) is 0. The Morgan fingerprint density at radius 2 is 2.33 bits per heavy atom. The van der Waals surface area contributed by atoms with Crippen LogP contribution in [0.25, 0.3) is 0 Å². The molecule has 0 atom stereocenters. The molecule has 0 saturated heterocycles. The molecule has 1 rings (SSSR count). The van der Waals surface area contributed by atoms with Crippen LogP contribution >= 0.6 is 0 Å². The van der Waals surface area contributed by atoms with Crippen LogP contribution in [-0.4, -0.2) is 23.1 Å². The van der Waals surface area contributed by atoms with Crippen molar-refractivity contribution in [3.8, 4) is 18.2 Å². The lowest BCUT2D eigenvalue weighted by atomic mass is 10.3. The lowest BCUT2D eigenvalue weighted by molar-refractivity contribution is 0.352. The Balaban J connectivity index is 2.76. The summed E-state index contributed by atoms with van der Waals surface area (Å²) in [6.07, 6.45) is 7.63. The number of hydrogen-bond acceptors (Lipinski definition) is 4. The van der Waals surface area contributed by atoms with Gasteiger partial charge in [-0.15, -0.1) is 6.42 Å². The third-order valence-corrected chi connectivity index (χ3v) is 1.87. The van der Waals surface area contributed by atoms with E-state index in [0.717, 1.165) is 24.3 Å². The second-order valence-corrected chi connectivity index (χ2v) is 3.07. The highest BCUT2D eigenvalue weighted by Crippen LogP contribution is 2.19. The van der Waals surface area contributed by atoms with Crippen molar-refractivity contribution in [3.63, 3.8) is 0 Å². The van der Waals surface area contributed by atoms with Crippen LogP contribution in [0.2, 0.25) is 0 Å². The molecule has 0 saturated carbocycles. The average Bonchev–Trinajstić information content (AvgIpc) is 2.26. The Morgan fingerprint density at radius 3 is 3.00 bits per heavy atom. The summed E-state index contributed by atoms with van der Waals surface area (Å²) in [5.74, 6) is 3.75. The second kappa shape index (κ2) is 5.86. The third kappa shape index (κ3) is 3.13. The van der Waals surface area contributed by atoms with Gasteiger partial charge in [-0.25, -0.2) is 9.97 Å². The Hall–Kier alpha value is -1.76. The van der Waals surface area contributed by atoms with Crippen LogP contribution < -0.4 is 10.1 Å². The van der Waals surface area contributed by atoms with Crippen molar-refractivity contribution in [2.75, 3.05) is 18.5 Å². The minimum atomic E-state index is 0.227. The molecule has 0 amide bonds. The fraction of sp³-hybridized carbons (Fsp3) is 0.455.